The van der Waals surface area contributed by atoms with Gasteiger partial charge in [0.25, 0.3) is 5.91 Å². The molecule has 3 aromatic rings. The van der Waals surface area contributed by atoms with Crippen LogP contribution in [0.1, 0.15) is 15.2 Å². The summed E-state index contributed by atoms with van der Waals surface area (Å²) >= 11 is 1.18. The molecule has 3 rings (SSSR count). The molecule has 0 unspecified atom stereocenters. The fraction of sp³-hybridized carbons (Fsp3) is 0.0667. The lowest BCUT2D eigenvalue weighted by Crippen LogP contribution is -2.29. The summed E-state index contributed by atoms with van der Waals surface area (Å²) in [6.45, 7) is 0. The van der Waals surface area contributed by atoms with E-state index in [-0.39, 0.29) is 5.75 Å². The number of halogens is 3. The largest absolute Gasteiger partial charge is 0.455 e. The highest BCUT2D eigenvalue weighted by Gasteiger charge is 2.30. The van der Waals surface area contributed by atoms with E-state index in [9.17, 15) is 18.0 Å². The van der Waals surface area contributed by atoms with Crippen molar-refractivity contribution in [1.82, 2.24) is 10.4 Å². The van der Waals surface area contributed by atoms with Crippen LogP contribution in [-0.2, 0) is 6.18 Å². The Hall–Kier alpha value is -2.65. The van der Waals surface area contributed by atoms with Crippen LogP contribution in [0.15, 0.2) is 42.7 Å². The minimum atomic E-state index is -4.40. The standard InChI is InChI=1S/C15H10F3N3O2S/c16-15(17,18)8-1-3-9(4-2-8)23-11-6-20-7-13-10(11)5-12(24-13)14(22)21-19/h1-7H,19H2,(H,21,22). The molecule has 0 spiro atoms. The van der Waals surface area contributed by atoms with Gasteiger partial charge in [-0.15, -0.1) is 11.3 Å². The number of rotatable bonds is 3. The van der Waals surface area contributed by atoms with Gasteiger partial charge in [0.05, 0.1) is 21.3 Å². The number of benzene rings is 1. The zero-order chi connectivity index (χ0) is 17.3. The van der Waals surface area contributed by atoms with Crippen LogP contribution < -0.4 is 16.0 Å². The summed E-state index contributed by atoms with van der Waals surface area (Å²) < 4.78 is 44.0. The normalized spacial score (nSPS) is 11.5. The molecule has 2 aromatic heterocycles. The van der Waals surface area contributed by atoms with Gasteiger partial charge in [-0.25, -0.2) is 5.84 Å². The lowest BCUT2D eigenvalue weighted by Gasteiger charge is -2.09. The monoisotopic (exact) mass is 353 g/mol. The average Bonchev–Trinajstić information content (AvgIpc) is 2.99. The lowest BCUT2D eigenvalue weighted by atomic mass is 10.2. The number of hydrogen-bond donors (Lipinski definition) is 2. The number of hydrogen-bond acceptors (Lipinski definition) is 5. The number of ether oxygens (including phenoxy) is 1. The Balaban J connectivity index is 1.92. The molecule has 0 saturated carbocycles. The van der Waals surface area contributed by atoms with E-state index in [0.29, 0.717) is 20.7 Å². The van der Waals surface area contributed by atoms with Gasteiger partial charge in [-0.3, -0.25) is 15.2 Å². The molecule has 24 heavy (non-hydrogen) atoms. The highest BCUT2D eigenvalue weighted by molar-refractivity contribution is 7.20. The molecule has 0 saturated heterocycles. The van der Waals surface area contributed by atoms with Gasteiger partial charge in [-0.1, -0.05) is 0 Å². The molecule has 1 amide bonds. The smallest absolute Gasteiger partial charge is 0.416 e. The first-order chi connectivity index (χ1) is 11.4. The van der Waals surface area contributed by atoms with Crippen molar-refractivity contribution in [1.29, 1.82) is 0 Å². The zero-order valence-corrected chi connectivity index (χ0v) is 12.7. The molecule has 3 N–H and O–H groups in total. The van der Waals surface area contributed by atoms with Crippen LogP contribution in [-0.4, -0.2) is 10.9 Å². The number of alkyl halides is 3. The summed E-state index contributed by atoms with van der Waals surface area (Å²) in [5.74, 6) is 5.22. The maximum atomic E-state index is 12.6. The summed E-state index contributed by atoms with van der Waals surface area (Å²) in [5, 5.41) is 0.619. The van der Waals surface area contributed by atoms with Crippen molar-refractivity contribution in [3.63, 3.8) is 0 Å². The summed E-state index contributed by atoms with van der Waals surface area (Å²) in [7, 11) is 0. The fourth-order valence-corrected chi connectivity index (χ4v) is 2.99. The second-order valence-corrected chi connectivity index (χ2v) is 5.84. The maximum absolute atomic E-state index is 12.6. The first-order valence-electron chi connectivity index (χ1n) is 6.62. The molecule has 0 atom stereocenters. The van der Waals surface area contributed by atoms with E-state index in [0.717, 1.165) is 12.1 Å². The highest BCUT2D eigenvalue weighted by Crippen LogP contribution is 2.35. The molecule has 1 aromatic carbocycles. The van der Waals surface area contributed by atoms with Crippen LogP contribution in [0.25, 0.3) is 10.1 Å². The summed E-state index contributed by atoms with van der Waals surface area (Å²) in [6.07, 6.45) is -1.41. The van der Waals surface area contributed by atoms with Gasteiger partial charge in [0, 0.05) is 11.6 Å². The van der Waals surface area contributed by atoms with E-state index in [1.165, 1.54) is 29.7 Å². The molecule has 0 aliphatic rings. The van der Waals surface area contributed by atoms with Crippen LogP contribution in [0, 0.1) is 0 Å². The Morgan fingerprint density at radius 3 is 2.54 bits per heavy atom. The number of nitrogens with two attached hydrogens (primary N) is 1. The van der Waals surface area contributed by atoms with E-state index >= 15 is 0 Å². The Morgan fingerprint density at radius 2 is 1.92 bits per heavy atom. The number of carbonyl (C=O) groups is 1. The Bertz CT molecular complexity index is 891. The number of nitrogen functional groups attached to an aromatic ring is 1. The van der Waals surface area contributed by atoms with E-state index in [1.54, 1.807) is 12.3 Å². The van der Waals surface area contributed by atoms with Gasteiger partial charge in [0.15, 0.2) is 5.75 Å². The highest BCUT2D eigenvalue weighted by atomic mass is 32.1. The molecule has 0 bridgehead atoms. The van der Waals surface area contributed by atoms with Gasteiger partial charge in [0.2, 0.25) is 0 Å². The Labute approximate surface area is 137 Å². The number of hydrazine groups is 1. The van der Waals surface area contributed by atoms with Crippen molar-refractivity contribution >= 4 is 27.3 Å². The minimum Gasteiger partial charge on any atom is -0.455 e. The number of amides is 1. The third-order valence-electron chi connectivity index (χ3n) is 3.17. The quantitative estimate of drug-likeness (QED) is 0.427. The molecular weight excluding hydrogens is 343 g/mol. The van der Waals surface area contributed by atoms with Gasteiger partial charge < -0.3 is 4.74 Å². The van der Waals surface area contributed by atoms with Crippen LogP contribution in [0.2, 0.25) is 0 Å². The van der Waals surface area contributed by atoms with Gasteiger partial charge >= 0.3 is 6.18 Å². The predicted octanol–water partition coefficient (Wildman–Crippen LogP) is 3.71. The van der Waals surface area contributed by atoms with Gasteiger partial charge in [-0.2, -0.15) is 13.2 Å². The second-order valence-electron chi connectivity index (χ2n) is 4.76. The predicted molar refractivity (Wildman–Crippen MR) is 82.8 cm³/mol. The van der Waals surface area contributed by atoms with Crippen molar-refractivity contribution < 1.29 is 22.7 Å². The molecule has 124 valence electrons. The summed E-state index contributed by atoms with van der Waals surface area (Å²) in [4.78, 5) is 16.0. The van der Waals surface area contributed by atoms with E-state index in [2.05, 4.69) is 4.98 Å². The fourth-order valence-electron chi connectivity index (χ4n) is 2.04. The van der Waals surface area contributed by atoms with E-state index < -0.39 is 17.6 Å². The zero-order valence-electron chi connectivity index (χ0n) is 11.9. The lowest BCUT2D eigenvalue weighted by molar-refractivity contribution is -0.137. The van der Waals surface area contributed by atoms with Crippen molar-refractivity contribution in [2.24, 2.45) is 5.84 Å². The summed E-state index contributed by atoms with van der Waals surface area (Å²) in [5.41, 5.74) is 1.27. The molecule has 0 aliphatic heterocycles. The number of pyridine rings is 1. The van der Waals surface area contributed by atoms with Crippen LogP contribution in [0.3, 0.4) is 0 Å². The molecule has 0 radical (unpaired) electrons. The van der Waals surface area contributed by atoms with E-state index in [1.807, 2.05) is 5.43 Å². The molecule has 0 aliphatic carbocycles. The van der Waals surface area contributed by atoms with Crippen molar-refractivity contribution in [3.05, 3.63) is 53.2 Å². The number of aromatic nitrogens is 1. The van der Waals surface area contributed by atoms with Gasteiger partial charge in [-0.05, 0) is 30.3 Å². The topological polar surface area (TPSA) is 77.2 Å². The van der Waals surface area contributed by atoms with Crippen molar-refractivity contribution in [2.45, 2.75) is 6.18 Å². The molecular formula is C15H10F3N3O2S. The third-order valence-corrected chi connectivity index (χ3v) is 4.24. The number of nitrogens with zero attached hydrogens (tertiary/aromatic N) is 1. The third kappa shape index (κ3) is 3.17. The molecule has 2 heterocycles. The van der Waals surface area contributed by atoms with Crippen LogP contribution in [0.5, 0.6) is 11.5 Å². The van der Waals surface area contributed by atoms with Crippen LogP contribution in [0.4, 0.5) is 13.2 Å². The first kappa shape index (κ1) is 16.2. The molecule has 9 heteroatoms. The molecule has 5 nitrogen and oxygen atoms in total. The van der Waals surface area contributed by atoms with Crippen molar-refractivity contribution in [3.8, 4) is 11.5 Å². The number of thiophene rings is 1. The number of nitrogens with one attached hydrogen (secondary N) is 1. The molecule has 0 fully saturated rings. The number of carbonyl (C=O) groups excluding carboxylic acids is 1. The van der Waals surface area contributed by atoms with Crippen molar-refractivity contribution in [2.75, 3.05) is 0 Å². The van der Waals surface area contributed by atoms with E-state index in [4.69, 9.17) is 10.6 Å². The second kappa shape index (κ2) is 6.10. The Morgan fingerprint density at radius 1 is 1.21 bits per heavy atom. The average molecular weight is 353 g/mol. The Kier molecular flexibility index (Phi) is 4.12. The minimum absolute atomic E-state index is 0.230. The first-order valence-corrected chi connectivity index (χ1v) is 7.44. The summed E-state index contributed by atoms with van der Waals surface area (Å²) in [6, 6.07) is 5.90. The SMILES string of the molecule is NNC(=O)c1cc2c(Oc3ccc(C(F)(F)F)cc3)cncc2s1. The van der Waals surface area contributed by atoms with Gasteiger partial charge in [0.1, 0.15) is 5.75 Å². The maximum Gasteiger partial charge on any atom is 0.416 e. The van der Waals surface area contributed by atoms with Crippen LogP contribution >= 0.6 is 11.3 Å². The number of fused-ring (bicyclic) bond motifs is 1.